The van der Waals surface area contributed by atoms with Crippen molar-refractivity contribution in [3.05, 3.63) is 65.2 Å². The van der Waals surface area contributed by atoms with Gasteiger partial charge in [0.1, 0.15) is 6.04 Å². The van der Waals surface area contributed by atoms with Gasteiger partial charge in [0.05, 0.1) is 11.1 Å². The van der Waals surface area contributed by atoms with E-state index >= 15 is 0 Å². The van der Waals surface area contributed by atoms with Crippen LogP contribution in [-0.4, -0.2) is 28.7 Å². The van der Waals surface area contributed by atoms with Gasteiger partial charge in [0.25, 0.3) is 11.8 Å². The molecule has 0 bridgehead atoms. The molecular weight excluding hydrogens is 328 g/mol. The van der Waals surface area contributed by atoms with Crippen molar-refractivity contribution in [2.24, 2.45) is 5.92 Å². The van der Waals surface area contributed by atoms with E-state index in [-0.39, 0.29) is 11.8 Å². The fourth-order valence-electron chi connectivity index (χ4n) is 3.22. The van der Waals surface area contributed by atoms with Gasteiger partial charge < -0.3 is 5.32 Å². The number of carbonyl (C=O) groups excluding carboxylic acids is 3. The normalized spacial score (nSPS) is 14.5. The number of nitrogens with one attached hydrogen (secondary N) is 1. The van der Waals surface area contributed by atoms with E-state index in [1.54, 1.807) is 24.3 Å². The molecule has 3 amide bonds. The highest BCUT2D eigenvalue weighted by atomic mass is 16.2. The van der Waals surface area contributed by atoms with Crippen molar-refractivity contribution in [2.45, 2.75) is 33.2 Å². The molecule has 1 aliphatic rings. The Kier molecular flexibility index (Phi) is 4.89. The molecule has 2 aromatic rings. The Morgan fingerprint density at radius 2 is 1.50 bits per heavy atom. The smallest absolute Gasteiger partial charge is 0.262 e. The number of carbonyl (C=O) groups is 3. The van der Waals surface area contributed by atoms with Gasteiger partial charge in [-0.1, -0.05) is 45.0 Å². The first-order chi connectivity index (χ1) is 12.4. The largest absolute Gasteiger partial charge is 0.324 e. The second kappa shape index (κ2) is 7.12. The van der Waals surface area contributed by atoms with Crippen LogP contribution >= 0.6 is 0 Å². The van der Waals surface area contributed by atoms with Crippen molar-refractivity contribution in [1.29, 1.82) is 0 Å². The van der Waals surface area contributed by atoms with E-state index in [0.717, 1.165) is 11.3 Å². The standard InChI is InChI=1S/C21H22N2O3/c1-4-14-9-11-15(12-10-14)22-19(24)18(13(2)3)23-20(25)16-7-5-6-8-17(16)21(23)26/h5-13,18H,4H2,1-3H3,(H,22,24)/t18-/m0/s1. The molecule has 3 rings (SSSR count). The summed E-state index contributed by atoms with van der Waals surface area (Å²) < 4.78 is 0. The summed E-state index contributed by atoms with van der Waals surface area (Å²) in [6.07, 6.45) is 0.915. The number of nitrogens with zero attached hydrogens (tertiary/aromatic N) is 1. The van der Waals surface area contributed by atoms with Gasteiger partial charge in [-0.2, -0.15) is 0 Å². The van der Waals surface area contributed by atoms with Gasteiger partial charge in [-0.25, -0.2) is 0 Å². The van der Waals surface area contributed by atoms with Gasteiger partial charge >= 0.3 is 0 Å². The van der Waals surface area contributed by atoms with Gasteiger partial charge in [-0.05, 0) is 42.2 Å². The van der Waals surface area contributed by atoms with E-state index in [9.17, 15) is 14.4 Å². The second-order valence-corrected chi connectivity index (χ2v) is 6.75. The number of hydrogen-bond acceptors (Lipinski definition) is 3. The van der Waals surface area contributed by atoms with E-state index in [1.165, 1.54) is 5.56 Å². The van der Waals surface area contributed by atoms with Crippen molar-refractivity contribution >= 4 is 23.4 Å². The molecule has 0 aromatic heterocycles. The molecule has 0 fully saturated rings. The van der Waals surface area contributed by atoms with E-state index in [0.29, 0.717) is 16.8 Å². The lowest BCUT2D eigenvalue weighted by atomic mass is 10.0. The summed E-state index contributed by atoms with van der Waals surface area (Å²) in [6.45, 7) is 5.71. The van der Waals surface area contributed by atoms with Crippen LogP contribution in [0.4, 0.5) is 5.69 Å². The van der Waals surface area contributed by atoms with Crippen molar-refractivity contribution in [2.75, 3.05) is 5.32 Å². The predicted molar refractivity (Wildman–Crippen MR) is 100 cm³/mol. The second-order valence-electron chi connectivity index (χ2n) is 6.75. The Morgan fingerprint density at radius 1 is 0.962 bits per heavy atom. The van der Waals surface area contributed by atoms with Crippen LogP contribution in [0.2, 0.25) is 0 Å². The molecular formula is C21H22N2O3. The molecule has 134 valence electrons. The van der Waals surface area contributed by atoms with Crippen LogP contribution in [0.15, 0.2) is 48.5 Å². The molecule has 0 aliphatic carbocycles. The van der Waals surface area contributed by atoms with Gasteiger partial charge in [-0.15, -0.1) is 0 Å². The predicted octanol–water partition coefficient (Wildman–Crippen LogP) is 3.51. The number of amides is 3. The third kappa shape index (κ3) is 3.12. The Hall–Kier alpha value is -2.95. The van der Waals surface area contributed by atoms with E-state index in [2.05, 4.69) is 12.2 Å². The first kappa shape index (κ1) is 17.9. The molecule has 5 heteroatoms. The molecule has 1 atom stereocenters. The highest BCUT2D eigenvalue weighted by Gasteiger charge is 2.43. The number of rotatable bonds is 5. The summed E-state index contributed by atoms with van der Waals surface area (Å²) in [5.74, 6) is -1.41. The van der Waals surface area contributed by atoms with Crippen LogP contribution in [0.1, 0.15) is 47.1 Å². The van der Waals surface area contributed by atoms with Crippen LogP contribution in [-0.2, 0) is 11.2 Å². The summed E-state index contributed by atoms with van der Waals surface area (Å²) in [6, 6.07) is 13.4. The zero-order chi connectivity index (χ0) is 18.8. The maximum Gasteiger partial charge on any atom is 0.262 e. The lowest BCUT2D eigenvalue weighted by molar-refractivity contribution is -0.121. The lowest BCUT2D eigenvalue weighted by Crippen LogP contribution is -2.50. The zero-order valence-electron chi connectivity index (χ0n) is 15.2. The third-order valence-electron chi connectivity index (χ3n) is 4.63. The minimum atomic E-state index is -0.867. The molecule has 2 aromatic carbocycles. The van der Waals surface area contributed by atoms with Crippen molar-refractivity contribution in [1.82, 2.24) is 4.90 Å². The Balaban J connectivity index is 1.86. The number of benzene rings is 2. The minimum Gasteiger partial charge on any atom is -0.324 e. The van der Waals surface area contributed by atoms with E-state index in [1.807, 2.05) is 38.1 Å². The van der Waals surface area contributed by atoms with Crippen LogP contribution < -0.4 is 5.32 Å². The summed E-state index contributed by atoms with van der Waals surface area (Å²) in [5, 5.41) is 2.83. The molecule has 0 unspecified atom stereocenters. The minimum absolute atomic E-state index is 0.216. The Labute approximate surface area is 153 Å². The summed E-state index contributed by atoms with van der Waals surface area (Å²) >= 11 is 0. The quantitative estimate of drug-likeness (QED) is 0.839. The van der Waals surface area contributed by atoms with Crippen LogP contribution in [0.25, 0.3) is 0 Å². The number of fused-ring (bicyclic) bond motifs is 1. The molecule has 26 heavy (non-hydrogen) atoms. The number of hydrogen-bond donors (Lipinski definition) is 1. The first-order valence-corrected chi connectivity index (χ1v) is 8.80. The maximum absolute atomic E-state index is 12.9. The third-order valence-corrected chi connectivity index (χ3v) is 4.63. The highest BCUT2D eigenvalue weighted by molar-refractivity contribution is 6.23. The van der Waals surface area contributed by atoms with Gasteiger partial charge in [0.2, 0.25) is 5.91 Å². The lowest BCUT2D eigenvalue weighted by Gasteiger charge is -2.28. The van der Waals surface area contributed by atoms with Crippen molar-refractivity contribution in [3.8, 4) is 0 Å². The SMILES string of the molecule is CCc1ccc(NC(=O)[C@H](C(C)C)N2C(=O)c3ccccc3C2=O)cc1. The number of aryl methyl sites for hydroxylation is 1. The van der Waals surface area contributed by atoms with Crippen LogP contribution in [0, 0.1) is 5.92 Å². The summed E-state index contributed by atoms with van der Waals surface area (Å²) in [7, 11) is 0. The molecule has 5 nitrogen and oxygen atoms in total. The number of imide groups is 1. The molecule has 1 aliphatic heterocycles. The first-order valence-electron chi connectivity index (χ1n) is 8.80. The Bertz CT molecular complexity index is 821. The summed E-state index contributed by atoms with van der Waals surface area (Å²) in [4.78, 5) is 39.4. The fraction of sp³-hybridized carbons (Fsp3) is 0.286. The van der Waals surface area contributed by atoms with E-state index < -0.39 is 17.9 Å². The van der Waals surface area contributed by atoms with Crippen molar-refractivity contribution in [3.63, 3.8) is 0 Å². The van der Waals surface area contributed by atoms with Crippen LogP contribution in [0.5, 0.6) is 0 Å². The van der Waals surface area contributed by atoms with Gasteiger partial charge in [0, 0.05) is 5.69 Å². The van der Waals surface area contributed by atoms with Gasteiger partial charge in [0.15, 0.2) is 0 Å². The zero-order valence-corrected chi connectivity index (χ0v) is 15.2. The van der Waals surface area contributed by atoms with Crippen molar-refractivity contribution < 1.29 is 14.4 Å². The molecule has 0 spiro atoms. The molecule has 1 N–H and O–H groups in total. The van der Waals surface area contributed by atoms with Crippen LogP contribution in [0.3, 0.4) is 0 Å². The molecule has 0 saturated carbocycles. The average Bonchev–Trinajstić information content (AvgIpc) is 2.88. The topological polar surface area (TPSA) is 66.5 Å². The monoisotopic (exact) mass is 350 g/mol. The average molecular weight is 350 g/mol. The summed E-state index contributed by atoms with van der Waals surface area (Å²) in [5.41, 5.74) is 2.52. The Morgan fingerprint density at radius 3 is 1.96 bits per heavy atom. The maximum atomic E-state index is 12.9. The molecule has 0 radical (unpaired) electrons. The number of anilines is 1. The highest BCUT2D eigenvalue weighted by Crippen LogP contribution is 2.27. The van der Waals surface area contributed by atoms with E-state index in [4.69, 9.17) is 0 Å². The van der Waals surface area contributed by atoms with Gasteiger partial charge in [-0.3, -0.25) is 19.3 Å². The fourth-order valence-corrected chi connectivity index (χ4v) is 3.22. The molecule has 1 heterocycles. The molecule has 0 saturated heterocycles.